The second kappa shape index (κ2) is 4.91. The number of nitrogens with one attached hydrogen (secondary N) is 1. The molecule has 11 heteroatoms. The van der Waals surface area contributed by atoms with Crippen LogP contribution in [0.2, 0.25) is 0 Å². The smallest absolute Gasteiger partial charge is 0.465 e. The SMILES string of the molecule is COC(=O)c1c[nH]c(=O)cc1OS(=O)(=O)C(F)(F)F. The summed E-state index contributed by atoms with van der Waals surface area (Å²) in [6.45, 7) is 0. The van der Waals surface area contributed by atoms with E-state index in [4.69, 9.17) is 0 Å². The summed E-state index contributed by atoms with van der Waals surface area (Å²) < 4.78 is 65.9. The van der Waals surface area contributed by atoms with E-state index in [0.717, 1.165) is 7.11 Å². The van der Waals surface area contributed by atoms with Gasteiger partial charge in [0.05, 0.1) is 7.11 Å². The molecule has 0 radical (unpaired) electrons. The van der Waals surface area contributed by atoms with E-state index in [1.54, 1.807) is 0 Å². The molecule has 1 N–H and O–H groups in total. The number of H-pyrrole nitrogens is 1. The van der Waals surface area contributed by atoms with Gasteiger partial charge in [-0.25, -0.2) is 4.79 Å². The third-order valence-electron chi connectivity index (χ3n) is 1.77. The third-order valence-corrected chi connectivity index (χ3v) is 2.74. The fourth-order valence-corrected chi connectivity index (χ4v) is 1.43. The van der Waals surface area contributed by atoms with Gasteiger partial charge < -0.3 is 13.9 Å². The van der Waals surface area contributed by atoms with Crippen molar-refractivity contribution >= 4 is 16.1 Å². The molecule has 1 heterocycles. The standard InChI is InChI=1S/C8H6F3NO6S/c1-17-7(14)4-3-12-6(13)2-5(4)18-19(15,16)8(9,10)11/h2-3H,1H3,(H,12,13). The molecule has 106 valence electrons. The van der Waals surface area contributed by atoms with E-state index in [0.29, 0.717) is 12.3 Å². The molecule has 1 aromatic heterocycles. The summed E-state index contributed by atoms with van der Waals surface area (Å²) in [6.07, 6.45) is 0.676. The number of alkyl halides is 3. The summed E-state index contributed by atoms with van der Waals surface area (Å²) in [6, 6.07) is 0.384. The maximum absolute atomic E-state index is 12.1. The van der Waals surface area contributed by atoms with Crippen LogP contribution in [0.5, 0.6) is 5.75 Å². The van der Waals surface area contributed by atoms with Gasteiger partial charge >= 0.3 is 21.6 Å². The van der Waals surface area contributed by atoms with Crippen LogP contribution in [-0.4, -0.2) is 32.0 Å². The molecule has 0 atom stereocenters. The Morgan fingerprint density at radius 1 is 1.37 bits per heavy atom. The van der Waals surface area contributed by atoms with Gasteiger partial charge in [0.25, 0.3) is 5.56 Å². The van der Waals surface area contributed by atoms with Crippen molar-refractivity contribution in [1.82, 2.24) is 4.98 Å². The second-order valence-electron chi connectivity index (χ2n) is 3.05. The molecule has 0 bridgehead atoms. The van der Waals surface area contributed by atoms with Crippen LogP contribution in [-0.2, 0) is 14.9 Å². The molecule has 1 rings (SSSR count). The van der Waals surface area contributed by atoms with E-state index in [9.17, 15) is 31.2 Å². The number of methoxy groups -OCH3 is 1. The van der Waals surface area contributed by atoms with Gasteiger partial charge in [0, 0.05) is 12.3 Å². The predicted molar refractivity (Wildman–Crippen MR) is 54.0 cm³/mol. The van der Waals surface area contributed by atoms with E-state index in [1.807, 2.05) is 4.98 Å². The number of aromatic nitrogens is 1. The molecular formula is C8H6F3NO6S. The first-order chi connectivity index (χ1) is 8.58. The van der Waals surface area contributed by atoms with E-state index in [2.05, 4.69) is 8.92 Å². The zero-order valence-corrected chi connectivity index (χ0v) is 9.96. The Morgan fingerprint density at radius 2 is 1.95 bits per heavy atom. The van der Waals surface area contributed by atoms with E-state index >= 15 is 0 Å². The Hall–Kier alpha value is -2.04. The van der Waals surface area contributed by atoms with Gasteiger partial charge in [-0.1, -0.05) is 0 Å². The number of esters is 1. The highest BCUT2D eigenvalue weighted by Gasteiger charge is 2.49. The van der Waals surface area contributed by atoms with Crippen molar-refractivity contribution in [3.05, 3.63) is 28.2 Å². The van der Waals surface area contributed by atoms with E-state index in [1.165, 1.54) is 0 Å². The number of hydrogen-bond acceptors (Lipinski definition) is 6. The first kappa shape index (κ1) is 15.0. The lowest BCUT2D eigenvalue weighted by atomic mass is 10.2. The molecule has 1 aromatic rings. The van der Waals surface area contributed by atoms with Gasteiger partial charge in [-0.3, -0.25) is 4.79 Å². The number of ether oxygens (including phenoxy) is 1. The molecule has 0 spiro atoms. The topological polar surface area (TPSA) is 103 Å². The molecule has 0 fully saturated rings. The van der Waals surface area contributed by atoms with Gasteiger partial charge in [0.1, 0.15) is 5.56 Å². The van der Waals surface area contributed by atoms with E-state index < -0.39 is 38.5 Å². The lowest BCUT2D eigenvalue weighted by molar-refractivity contribution is -0.0500. The minimum atomic E-state index is -5.99. The lowest BCUT2D eigenvalue weighted by Crippen LogP contribution is -2.29. The number of carbonyl (C=O) groups excluding carboxylic acids is 1. The number of hydrogen-bond donors (Lipinski definition) is 1. The van der Waals surface area contributed by atoms with Crippen LogP contribution in [0.3, 0.4) is 0 Å². The average molecular weight is 301 g/mol. The van der Waals surface area contributed by atoms with Crippen LogP contribution in [0.15, 0.2) is 17.1 Å². The van der Waals surface area contributed by atoms with Gasteiger partial charge in [-0.15, -0.1) is 0 Å². The van der Waals surface area contributed by atoms with Crippen molar-refractivity contribution in [3.63, 3.8) is 0 Å². The van der Waals surface area contributed by atoms with Crippen LogP contribution in [0.25, 0.3) is 0 Å². The van der Waals surface area contributed by atoms with Gasteiger partial charge in [0.2, 0.25) is 0 Å². The maximum Gasteiger partial charge on any atom is 0.534 e. The molecule has 0 aliphatic rings. The number of carbonyl (C=O) groups is 1. The van der Waals surface area contributed by atoms with Gasteiger partial charge in [-0.2, -0.15) is 21.6 Å². The number of halogens is 3. The van der Waals surface area contributed by atoms with Crippen LogP contribution in [0.1, 0.15) is 10.4 Å². The molecular weight excluding hydrogens is 295 g/mol. The summed E-state index contributed by atoms with van der Waals surface area (Å²) >= 11 is 0. The lowest BCUT2D eigenvalue weighted by Gasteiger charge is -2.11. The van der Waals surface area contributed by atoms with Crippen LogP contribution >= 0.6 is 0 Å². The fraction of sp³-hybridized carbons (Fsp3) is 0.250. The summed E-state index contributed by atoms with van der Waals surface area (Å²) in [5.41, 5.74) is -7.32. The fourth-order valence-electron chi connectivity index (χ4n) is 0.957. The average Bonchev–Trinajstić information content (AvgIpc) is 2.26. The van der Waals surface area contributed by atoms with Crippen molar-refractivity contribution in [3.8, 4) is 5.75 Å². The molecule has 0 aliphatic carbocycles. The Bertz CT molecular complexity index is 647. The Morgan fingerprint density at radius 3 is 2.42 bits per heavy atom. The monoisotopic (exact) mass is 301 g/mol. The van der Waals surface area contributed by atoms with E-state index in [-0.39, 0.29) is 0 Å². The number of rotatable bonds is 3. The van der Waals surface area contributed by atoms with Gasteiger partial charge in [0.15, 0.2) is 5.75 Å². The van der Waals surface area contributed by atoms with Crippen LogP contribution in [0, 0.1) is 0 Å². The van der Waals surface area contributed by atoms with Crippen molar-refractivity contribution in [2.45, 2.75) is 5.51 Å². The molecule has 0 saturated heterocycles. The van der Waals surface area contributed by atoms with Crippen molar-refractivity contribution in [2.24, 2.45) is 0 Å². The highest BCUT2D eigenvalue weighted by molar-refractivity contribution is 7.88. The summed E-state index contributed by atoms with van der Waals surface area (Å²) in [7, 11) is -5.08. The first-order valence-electron chi connectivity index (χ1n) is 4.40. The summed E-state index contributed by atoms with van der Waals surface area (Å²) in [5, 5.41) is 0. The Kier molecular flexibility index (Phi) is 3.88. The number of pyridine rings is 1. The molecule has 0 unspecified atom stereocenters. The highest BCUT2D eigenvalue weighted by atomic mass is 32.2. The largest absolute Gasteiger partial charge is 0.534 e. The second-order valence-corrected chi connectivity index (χ2v) is 4.59. The molecule has 19 heavy (non-hydrogen) atoms. The summed E-state index contributed by atoms with van der Waals surface area (Å²) in [4.78, 5) is 24.1. The van der Waals surface area contributed by atoms with Gasteiger partial charge in [-0.05, 0) is 0 Å². The van der Waals surface area contributed by atoms with Crippen LogP contribution < -0.4 is 9.74 Å². The predicted octanol–water partition coefficient (Wildman–Crippen LogP) is 0.390. The Balaban J connectivity index is 3.32. The zero-order chi connectivity index (χ0) is 14.8. The number of aromatic amines is 1. The van der Waals surface area contributed by atoms with Crippen molar-refractivity contribution in [1.29, 1.82) is 0 Å². The molecule has 0 amide bonds. The van der Waals surface area contributed by atoms with Crippen LogP contribution in [0.4, 0.5) is 13.2 Å². The minimum absolute atomic E-state index is 0.384. The Labute approximate surface area is 104 Å². The third kappa shape index (κ3) is 3.24. The minimum Gasteiger partial charge on any atom is -0.465 e. The quantitative estimate of drug-likeness (QED) is 0.492. The van der Waals surface area contributed by atoms with Crippen molar-refractivity contribution in [2.75, 3.05) is 7.11 Å². The molecule has 0 aromatic carbocycles. The molecule has 0 aliphatic heterocycles. The summed E-state index contributed by atoms with van der Waals surface area (Å²) in [5.74, 6) is -2.25. The maximum atomic E-state index is 12.1. The molecule has 0 saturated carbocycles. The normalized spacial score (nSPS) is 12.0. The molecule has 7 nitrogen and oxygen atoms in total. The zero-order valence-electron chi connectivity index (χ0n) is 9.15. The van der Waals surface area contributed by atoms with Crippen molar-refractivity contribution < 1.29 is 35.3 Å². The first-order valence-corrected chi connectivity index (χ1v) is 5.81. The highest BCUT2D eigenvalue weighted by Crippen LogP contribution is 2.28.